The molecule has 1 saturated carbocycles. The average molecular weight is 179 g/mol. The quantitative estimate of drug-likeness (QED) is 0.690. The SMILES string of the molecule is CC1(C)CC[C@@](N)(c2ncc[nH]2)C1. The molecule has 1 aliphatic rings. The topological polar surface area (TPSA) is 54.7 Å². The van der Waals surface area contributed by atoms with Crippen molar-refractivity contribution in [2.24, 2.45) is 11.1 Å². The Bertz CT molecular complexity index is 289. The second-order valence-corrected chi connectivity index (χ2v) is 4.93. The molecule has 0 unspecified atom stereocenters. The summed E-state index contributed by atoms with van der Waals surface area (Å²) in [5.41, 5.74) is 6.45. The summed E-state index contributed by atoms with van der Waals surface area (Å²) in [4.78, 5) is 7.38. The molecule has 1 fully saturated rings. The van der Waals surface area contributed by atoms with Crippen molar-refractivity contribution in [3.05, 3.63) is 18.2 Å². The van der Waals surface area contributed by atoms with E-state index in [1.165, 1.54) is 6.42 Å². The monoisotopic (exact) mass is 179 g/mol. The first kappa shape index (κ1) is 8.75. The van der Waals surface area contributed by atoms with Crippen LogP contribution in [0.1, 0.15) is 38.9 Å². The summed E-state index contributed by atoms with van der Waals surface area (Å²) >= 11 is 0. The summed E-state index contributed by atoms with van der Waals surface area (Å²) in [5, 5.41) is 0. The molecule has 0 spiro atoms. The lowest BCUT2D eigenvalue weighted by molar-refractivity contribution is 0.332. The molecule has 72 valence electrons. The minimum atomic E-state index is -0.215. The summed E-state index contributed by atoms with van der Waals surface area (Å²) in [6.45, 7) is 4.54. The van der Waals surface area contributed by atoms with Gasteiger partial charge >= 0.3 is 0 Å². The number of nitrogens with two attached hydrogens (primary N) is 1. The van der Waals surface area contributed by atoms with Crippen LogP contribution in [0.5, 0.6) is 0 Å². The third-order valence-corrected chi connectivity index (χ3v) is 3.01. The van der Waals surface area contributed by atoms with Gasteiger partial charge in [0, 0.05) is 12.4 Å². The Morgan fingerprint density at radius 2 is 2.23 bits per heavy atom. The highest BCUT2D eigenvalue weighted by Gasteiger charge is 2.43. The maximum Gasteiger partial charge on any atom is 0.126 e. The standard InChI is InChI=1S/C10H17N3/c1-9(2)3-4-10(11,7-9)8-12-5-6-13-8/h5-6H,3-4,7,11H2,1-2H3,(H,12,13)/t10-/m0/s1. The van der Waals surface area contributed by atoms with Crippen LogP contribution in [0.15, 0.2) is 12.4 Å². The van der Waals surface area contributed by atoms with Crippen LogP contribution >= 0.6 is 0 Å². The van der Waals surface area contributed by atoms with Crippen LogP contribution in [0.3, 0.4) is 0 Å². The molecule has 1 aliphatic carbocycles. The molecule has 0 saturated heterocycles. The van der Waals surface area contributed by atoms with Gasteiger partial charge in [-0.25, -0.2) is 4.98 Å². The van der Waals surface area contributed by atoms with Gasteiger partial charge in [0.05, 0.1) is 5.54 Å². The number of aromatic amines is 1. The number of H-pyrrole nitrogens is 1. The van der Waals surface area contributed by atoms with Crippen molar-refractivity contribution < 1.29 is 0 Å². The van der Waals surface area contributed by atoms with Gasteiger partial charge in [0.2, 0.25) is 0 Å². The molecule has 0 aromatic carbocycles. The molecule has 3 nitrogen and oxygen atoms in total. The van der Waals surface area contributed by atoms with E-state index in [9.17, 15) is 0 Å². The molecule has 1 aromatic heterocycles. The van der Waals surface area contributed by atoms with E-state index in [-0.39, 0.29) is 5.54 Å². The van der Waals surface area contributed by atoms with Gasteiger partial charge in [0.15, 0.2) is 0 Å². The smallest absolute Gasteiger partial charge is 0.126 e. The van der Waals surface area contributed by atoms with Crippen molar-refractivity contribution in [1.29, 1.82) is 0 Å². The summed E-state index contributed by atoms with van der Waals surface area (Å²) < 4.78 is 0. The molecule has 13 heavy (non-hydrogen) atoms. The van der Waals surface area contributed by atoms with Crippen molar-refractivity contribution in [2.75, 3.05) is 0 Å². The fraction of sp³-hybridized carbons (Fsp3) is 0.700. The van der Waals surface area contributed by atoms with Crippen LogP contribution in [0.2, 0.25) is 0 Å². The largest absolute Gasteiger partial charge is 0.347 e. The zero-order chi connectivity index (χ0) is 9.53. The van der Waals surface area contributed by atoms with Crippen molar-refractivity contribution in [3.63, 3.8) is 0 Å². The zero-order valence-electron chi connectivity index (χ0n) is 8.30. The number of nitrogens with zero attached hydrogens (tertiary/aromatic N) is 1. The van der Waals surface area contributed by atoms with E-state index in [1.807, 2.05) is 6.20 Å². The van der Waals surface area contributed by atoms with Gasteiger partial charge in [-0.2, -0.15) is 0 Å². The molecular formula is C10H17N3. The Kier molecular flexibility index (Phi) is 1.74. The van der Waals surface area contributed by atoms with E-state index >= 15 is 0 Å². The average Bonchev–Trinajstić information content (AvgIpc) is 2.58. The normalized spacial score (nSPS) is 32.2. The number of aromatic nitrogens is 2. The first-order valence-corrected chi connectivity index (χ1v) is 4.81. The fourth-order valence-corrected chi connectivity index (χ4v) is 2.33. The van der Waals surface area contributed by atoms with Gasteiger partial charge in [-0.15, -0.1) is 0 Å². The molecule has 0 aliphatic heterocycles. The van der Waals surface area contributed by atoms with Gasteiger partial charge in [0.1, 0.15) is 5.82 Å². The van der Waals surface area contributed by atoms with Crippen LogP contribution in [0.4, 0.5) is 0 Å². The highest BCUT2D eigenvalue weighted by molar-refractivity contribution is 5.10. The highest BCUT2D eigenvalue weighted by Crippen LogP contribution is 2.46. The molecule has 3 N–H and O–H groups in total. The van der Waals surface area contributed by atoms with E-state index in [4.69, 9.17) is 5.73 Å². The predicted octanol–water partition coefficient (Wildman–Crippen LogP) is 1.77. The summed E-state index contributed by atoms with van der Waals surface area (Å²) in [6.07, 6.45) is 6.86. The minimum Gasteiger partial charge on any atom is -0.347 e. The van der Waals surface area contributed by atoms with Gasteiger partial charge in [-0.1, -0.05) is 13.8 Å². The Morgan fingerprint density at radius 3 is 2.69 bits per heavy atom. The van der Waals surface area contributed by atoms with Crippen LogP contribution < -0.4 is 5.73 Å². The van der Waals surface area contributed by atoms with Gasteiger partial charge < -0.3 is 10.7 Å². The first-order valence-electron chi connectivity index (χ1n) is 4.81. The Labute approximate surface area is 78.7 Å². The van der Waals surface area contributed by atoms with Crippen LogP contribution in [0.25, 0.3) is 0 Å². The molecule has 0 bridgehead atoms. The summed E-state index contributed by atoms with van der Waals surface area (Å²) in [7, 11) is 0. The second kappa shape index (κ2) is 2.58. The summed E-state index contributed by atoms with van der Waals surface area (Å²) in [6, 6.07) is 0. The van der Waals surface area contributed by atoms with E-state index in [0.29, 0.717) is 5.41 Å². The van der Waals surface area contributed by atoms with Crippen LogP contribution in [-0.4, -0.2) is 9.97 Å². The van der Waals surface area contributed by atoms with Gasteiger partial charge in [-0.05, 0) is 24.7 Å². The van der Waals surface area contributed by atoms with E-state index in [2.05, 4.69) is 23.8 Å². The molecule has 0 amide bonds. The lowest BCUT2D eigenvalue weighted by Crippen LogP contribution is -2.35. The highest BCUT2D eigenvalue weighted by atomic mass is 15.0. The number of hydrogen-bond acceptors (Lipinski definition) is 2. The van der Waals surface area contributed by atoms with Crippen LogP contribution in [-0.2, 0) is 5.54 Å². The maximum atomic E-state index is 6.31. The van der Waals surface area contributed by atoms with Crippen molar-refractivity contribution in [3.8, 4) is 0 Å². The van der Waals surface area contributed by atoms with E-state index in [0.717, 1.165) is 18.7 Å². The number of imidazole rings is 1. The lowest BCUT2D eigenvalue weighted by atomic mass is 9.88. The van der Waals surface area contributed by atoms with E-state index < -0.39 is 0 Å². The molecule has 1 atom stereocenters. The first-order chi connectivity index (χ1) is 6.02. The Balaban J connectivity index is 2.25. The number of hydrogen-bond donors (Lipinski definition) is 2. The third kappa shape index (κ3) is 1.48. The van der Waals surface area contributed by atoms with Crippen molar-refractivity contribution >= 4 is 0 Å². The third-order valence-electron chi connectivity index (χ3n) is 3.01. The predicted molar refractivity (Wildman–Crippen MR) is 52.1 cm³/mol. The van der Waals surface area contributed by atoms with Gasteiger partial charge in [0.25, 0.3) is 0 Å². The fourth-order valence-electron chi connectivity index (χ4n) is 2.33. The molecule has 0 radical (unpaired) electrons. The molecule has 2 rings (SSSR count). The molecular weight excluding hydrogens is 162 g/mol. The molecule has 1 aromatic rings. The zero-order valence-corrected chi connectivity index (χ0v) is 8.30. The molecule has 3 heteroatoms. The lowest BCUT2D eigenvalue weighted by Gasteiger charge is -2.24. The van der Waals surface area contributed by atoms with Crippen LogP contribution in [0, 0.1) is 5.41 Å². The summed E-state index contributed by atoms with van der Waals surface area (Å²) in [5.74, 6) is 0.943. The Morgan fingerprint density at radius 1 is 1.46 bits per heavy atom. The number of rotatable bonds is 1. The second-order valence-electron chi connectivity index (χ2n) is 4.93. The maximum absolute atomic E-state index is 6.31. The van der Waals surface area contributed by atoms with Crippen molar-refractivity contribution in [1.82, 2.24) is 9.97 Å². The number of nitrogens with one attached hydrogen (secondary N) is 1. The van der Waals surface area contributed by atoms with Gasteiger partial charge in [-0.3, -0.25) is 0 Å². The van der Waals surface area contributed by atoms with E-state index in [1.54, 1.807) is 6.20 Å². The Hall–Kier alpha value is -0.830. The molecule has 1 heterocycles. The minimum absolute atomic E-state index is 0.215. The van der Waals surface area contributed by atoms with Crippen molar-refractivity contribution in [2.45, 2.75) is 38.6 Å².